The minimum absolute atomic E-state index is 0.0123. The molecule has 14 heavy (non-hydrogen) atoms. The van der Waals surface area contributed by atoms with Crippen LogP contribution in [0.3, 0.4) is 0 Å². The predicted octanol–water partition coefficient (Wildman–Crippen LogP) is 0.996. The first-order chi connectivity index (χ1) is 6.45. The number of nitrogens with two attached hydrogens (primary N) is 1. The molecule has 1 amide bonds. The summed E-state index contributed by atoms with van der Waals surface area (Å²) in [6.45, 7) is -3.10. The van der Waals surface area contributed by atoms with Crippen molar-refractivity contribution in [1.82, 2.24) is 4.57 Å². The summed E-state index contributed by atoms with van der Waals surface area (Å²) in [4.78, 5) is 21.8. The van der Waals surface area contributed by atoms with Gasteiger partial charge < -0.3 is 5.73 Å². The van der Waals surface area contributed by atoms with Crippen LogP contribution in [0.25, 0.3) is 0 Å². The molecule has 0 atom stereocenters. The fraction of sp³-hybridized carbons (Fsp3) is 0.143. The van der Waals surface area contributed by atoms with Crippen molar-refractivity contribution in [2.75, 3.05) is 0 Å². The normalized spacial score (nSPS) is 10.6. The average Bonchev–Trinajstić information content (AvgIpc) is 2.02. The third-order valence-corrected chi connectivity index (χ3v) is 1.84. The fourth-order valence-electron chi connectivity index (χ4n) is 0.900. The summed E-state index contributed by atoms with van der Waals surface area (Å²) in [6, 6.07) is 2.01. The number of alkyl halides is 2. The van der Waals surface area contributed by atoms with Crippen LogP contribution in [0.2, 0.25) is 5.15 Å². The molecule has 4 nitrogen and oxygen atoms in total. The molecule has 1 rings (SSSR count). The molecule has 0 aliphatic carbocycles. The predicted molar refractivity (Wildman–Crippen MR) is 45.5 cm³/mol. The molecule has 0 radical (unpaired) electrons. The smallest absolute Gasteiger partial charge is 0.322 e. The number of carbonyl (C=O) groups excluding carboxylic acids is 1. The number of hydrogen-bond acceptors (Lipinski definition) is 2. The number of pyridine rings is 1. The van der Waals surface area contributed by atoms with Gasteiger partial charge in [0.15, 0.2) is 0 Å². The first-order valence-corrected chi connectivity index (χ1v) is 3.82. The van der Waals surface area contributed by atoms with Gasteiger partial charge in [-0.05, 0) is 12.1 Å². The lowest BCUT2D eigenvalue weighted by Crippen LogP contribution is -2.30. The van der Waals surface area contributed by atoms with E-state index in [1.165, 1.54) is 0 Å². The van der Waals surface area contributed by atoms with Gasteiger partial charge in [-0.15, -0.1) is 0 Å². The lowest BCUT2D eigenvalue weighted by molar-refractivity contribution is 0.0662. The van der Waals surface area contributed by atoms with Crippen LogP contribution in [0.4, 0.5) is 8.78 Å². The summed E-state index contributed by atoms with van der Waals surface area (Å²) >= 11 is 5.33. The minimum atomic E-state index is -3.10. The Hall–Kier alpha value is -1.43. The zero-order valence-corrected chi connectivity index (χ0v) is 7.46. The first-order valence-electron chi connectivity index (χ1n) is 3.44. The van der Waals surface area contributed by atoms with E-state index in [9.17, 15) is 18.4 Å². The summed E-state index contributed by atoms with van der Waals surface area (Å²) in [5.74, 6) is -1.07. The molecule has 7 heteroatoms. The summed E-state index contributed by atoms with van der Waals surface area (Å²) in [6.07, 6.45) is 0. The first kappa shape index (κ1) is 10.6. The van der Waals surface area contributed by atoms with Gasteiger partial charge in [-0.3, -0.25) is 9.59 Å². The number of amides is 1. The second kappa shape index (κ2) is 3.75. The molecular weight excluding hydrogens is 218 g/mol. The Morgan fingerprint density at radius 3 is 2.50 bits per heavy atom. The molecule has 0 unspecified atom stereocenters. The van der Waals surface area contributed by atoms with Gasteiger partial charge in [-0.2, -0.15) is 8.78 Å². The van der Waals surface area contributed by atoms with E-state index in [4.69, 9.17) is 17.3 Å². The number of aromatic nitrogens is 1. The van der Waals surface area contributed by atoms with Crippen molar-refractivity contribution in [2.24, 2.45) is 5.73 Å². The molecule has 0 aliphatic heterocycles. The third-order valence-electron chi connectivity index (χ3n) is 1.53. The topological polar surface area (TPSA) is 65.1 Å². The number of hydrogen-bond donors (Lipinski definition) is 1. The van der Waals surface area contributed by atoms with Crippen molar-refractivity contribution >= 4 is 17.5 Å². The van der Waals surface area contributed by atoms with Gasteiger partial charge >= 0.3 is 6.55 Å². The number of nitrogens with zero attached hydrogens (tertiary/aromatic N) is 1. The summed E-state index contributed by atoms with van der Waals surface area (Å²) in [7, 11) is 0. The summed E-state index contributed by atoms with van der Waals surface area (Å²) in [5.41, 5.74) is 3.08. The van der Waals surface area contributed by atoms with Crippen molar-refractivity contribution in [2.45, 2.75) is 6.55 Å². The molecule has 0 bridgehead atoms. The van der Waals surface area contributed by atoms with E-state index in [0.717, 1.165) is 12.1 Å². The molecule has 0 saturated carbocycles. The van der Waals surface area contributed by atoms with Gasteiger partial charge in [0.05, 0.1) is 0 Å². The van der Waals surface area contributed by atoms with Gasteiger partial charge in [-0.1, -0.05) is 11.6 Å². The molecular formula is C7H5ClF2N2O2. The van der Waals surface area contributed by atoms with Crippen molar-refractivity contribution in [1.29, 1.82) is 0 Å². The average molecular weight is 223 g/mol. The highest BCUT2D eigenvalue weighted by molar-refractivity contribution is 6.29. The Kier molecular flexibility index (Phi) is 2.85. The Labute approximate surface area is 81.9 Å². The molecule has 0 saturated heterocycles. The number of primary amides is 1. The molecule has 0 fully saturated rings. The van der Waals surface area contributed by atoms with Gasteiger partial charge in [0.25, 0.3) is 11.5 Å². The second-order valence-corrected chi connectivity index (χ2v) is 2.77. The van der Waals surface area contributed by atoms with Crippen molar-refractivity contribution in [3.63, 3.8) is 0 Å². The molecule has 2 N–H and O–H groups in total. The molecule has 0 aliphatic rings. The number of carbonyl (C=O) groups is 1. The highest BCUT2D eigenvalue weighted by Gasteiger charge is 2.17. The Morgan fingerprint density at radius 2 is 2.07 bits per heavy atom. The van der Waals surface area contributed by atoms with E-state index in [-0.39, 0.29) is 4.57 Å². The molecule has 1 heterocycles. The van der Waals surface area contributed by atoms with Crippen molar-refractivity contribution in [3.8, 4) is 0 Å². The van der Waals surface area contributed by atoms with Crippen LogP contribution in [-0.4, -0.2) is 10.5 Å². The maximum Gasteiger partial charge on any atom is 0.322 e. The van der Waals surface area contributed by atoms with Gasteiger partial charge in [0, 0.05) is 0 Å². The Morgan fingerprint density at radius 1 is 1.50 bits per heavy atom. The van der Waals surface area contributed by atoms with E-state index >= 15 is 0 Å². The molecule has 76 valence electrons. The molecule has 0 aromatic carbocycles. The highest BCUT2D eigenvalue weighted by Crippen LogP contribution is 2.15. The lowest BCUT2D eigenvalue weighted by atomic mass is 10.2. The van der Waals surface area contributed by atoms with Gasteiger partial charge in [0.2, 0.25) is 0 Å². The molecule has 1 aromatic rings. The van der Waals surface area contributed by atoms with Crippen LogP contribution in [0.15, 0.2) is 16.9 Å². The van der Waals surface area contributed by atoms with Crippen LogP contribution in [0.1, 0.15) is 16.9 Å². The number of halogens is 3. The zero-order chi connectivity index (χ0) is 10.9. The van der Waals surface area contributed by atoms with Crippen molar-refractivity contribution < 1.29 is 13.6 Å². The van der Waals surface area contributed by atoms with Gasteiger partial charge in [0.1, 0.15) is 10.7 Å². The van der Waals surface area contributed by atoms with Crippen LogP contribution < -0.4 is 11.3 Å². The van der Waals surface area contributed by atoms with Crippen LogP contribution >= 0.6 is 11.6 Å². The standard InChI is InChI=1S/C7H5ClF2N2O2/c8-4-2-1-3(5(11)13)6(14)12(4)7(9)10/h1-2,7H,(H2,11,13). The monoisotopic (exact) mass is 222 g/mol. The van der Waals surface area contributed by atoms with Gasteiger partial charge in [-0.25, -0.2) is 4.57 Å². The Balaban J connectivity index is 3.50. The fourth-order valence-corrected chi connectivity index (χ4v) is 1.11. The quantitative estimate of drug-likeness (QED) is 0.759. The molecule has 1 aromatic heterocycles. The Bertz CT molecular complexity index is 430. The maximum absolute atomic E-state index is 12.3. The third kappa shape index (κ3) is 1.74. The lowest BCUT2D eigenvalue weighted by Gasteiger charge is -2.07. The van der Waals surface area contributed by atoms with Crippen molar-refractivity contribution in [3.05, 3.63) is 33.2 Å². The minimum Gasteiger partial charge on any atom is -0.365 e. The van der Waals surface area contributed by atoms with E-state index in [2.05, 4.69) is 0 Å². The largest absolute Gasteiger partial charge is 0.365 e. The highest BCUT2D eigenvalue weighted by atomic mass is 35.5. The van der Waals surface area contributed by atoms with E-state index in [1.807, 2.05) is 0 Å². The number of rotatable bonds is 2. The SMILES string of the molecule is NC(=O)c1ccc(Cl)n(C(F)F)c1=O. The van der Waals surface area contributed by atoms with Crippen LogP contribution in [-0.2, 0) is 0 Å². The van der Waals surface area contributed by atoms with Crippen LogP contribution in [0.5, 0.6) is 0 Å². The maximum atomic E-state index is 12.3. The summed E-state index contributed by atoms with van der Waals surface area (Å²) in [5, 5.41) is -0.449. The zero-order valence-electron chi connectivity index (χ0n) is 6.71. The van der Waals surface area contributed by atoms with E-state index in [1.54, 1.807) is 0 Å². The molecule has 0 spiro atoms. The van der Waals surface area contributed by atoms with E-state index < -0.39 is 28.7 Å². The van der Waals surface area contributed by atoms with Crippen LogP contribution in [0, 0.1) is 0 Å². The second-order valence-electron chi connectivity index (χ2n) is 2.39. The van der Waals surface area contributed by atoms with E-state index in [0.29, 0.717) is 0 Å². The summed E-state index contributed by atoms with van der Waals surface area (Å²) < 4.78 is 24.5.